The molecule has 0 spiro atoms. The standard InChI is InChI=1S/C17H18O3S/c1-18-15-10-13(11-16(19-2)17(15)20-3)8-7-12-5-4-6-14(21)9-12/h4-5,7-11H,6H2,1-3H3. The molecule has 0 N–H and O–H groups in total. The molecule has 0 amide bonds. The van der Waals surface area contributed by atoms with Crippen LogP contribution in [0.2, 0.25) is 0 Å². The number of benzene rings is 1. The lowest BCUT2D eigenvalue weighted by Crippen LogP contribution is -1.95. The Balaban J connectivity index is 2.32. The molecular weight excluding hydrogens is 284 g/mol. The summed E-state index contributed by atoms with van der Waals surface area (Å²) >= 11 is 5.21. The number of methoxy groups -OCH3 is 3. The molecule has 0 atom stereocenters. The Morgan fingerprint density at radius 3 is 2.19 bits per heavy atom. The van der Waals surface area contributed by atoms with Crippen LogP contribution in [0.3, 0.4) is 0 Å². The summed E-state index contributed by atoms with van der Waals surface area (Å²) in [6, 6.07) is 3.81. The zero-order chi connectivity index (χ0) is 15.2. The predicted octanol–water partition coefficient (Wildman–Crippen LogP) is 3.98. The first kappa shape index (κ1) is 15.3. The molecule has 110 valence electrons. The predicted molar refractivity (Wildman–Crippen MR) is 89.6 cm³/mol. The van der Waals surface area contributed by atoms with E-state index < -0.39 is 0 Å². The minimum absolute atomic E-state index is 0.593. The van der Waals surface area contributed by atoms with Crippen molar-refractivity contribution in [2.45, 2.75) is 6.42 Å². The van der Waals surface area contributed by atoms with Crippen LogP contribution in [0, 0.1) is 0 Å². The van der Waals surface area contributed by atoms with E-state index in [2.05, 4.69) is 12.2 Å². The molecule has 1 aliphatic carbocycles. The summed E-state index contributed by atoms with van der Waals surface area (Å²) in [5.41, 5.74) is 2.05. The van der Waals surface area contributed by atoms with Gasteiger partial charge in [-0.15, -0.1) is 0 Å². The van der Waals surface area contributed by atoms with E-state index in [-0.39, 0.29) is 0 Å². The van der Waals surface area contributed by atoms with Crippen LogP contribution < -0.4 is 14.2 Å². The van der Waals surface area contributed by atoms with Crippen LogP contribution in [-0.2, 0) is 0 Å². The fourth-order valence-corrected chi connectivity index (χ4v) is 2.33. The zero-order valence-electron chi connectivity index (χ0n) is 12.4. The highest BCUT2D eigenvalue weighted by Gasteiger charge is 2.12. The van der Waals surface area contributed by atoms with Crippen LogP contribution in [0.1, 0.15) is 12.0 Å². The van der Waals surface area contributed by atoms with Gasteiger partial charge in [-0.3, -0.25) is 0 Å². The maximum Gasteiger partial charge on any atom is 0.203 e. The normalized spacial score (nSPS) is 14.2. The molecule has 0 heterocycles. The van der Waals surface area contributed by atoms with E-state index in [9.17, 15) is 0 Å². The first-order chi connectivity index (χ1) is 10.2. The zero-order valence-corrected chi connectivity index (χ0v) is 13.2. The first-order valence-electron chi connectivity index (χ1n) is 6.57. The highest BCUT2D eigenvalue weighted by atomic mass is 32.1. The maximum atomic E-state index is 5.34. The molecule has 0 saturated carbocycles. The third-order valence-electron chi connectivity index (χ3n) is 3.11. The third-order valence-corrected chi connectivity index (χ3v) is 3.40. The molecule has 4 heteroatoms. The molecule has 0 radical (unpaired) electrons. The lowest BCUT2D eigenvalue weighted by Gasteiger charge is -2.13. The van der Waals surface area contributed by atoms with E-state index in [0.717, 1.165) is 22.4 Å². The van der Waals surface area contributed by atoms with Crippen LogP contribution in [-0.4, -0.2) is 26.2 Å². The molecule has 3 nitrogen and oxygen atoms in total. The Morgan fingerprint density at radius 2 is 1.67 bits per heavy atom. The van der Waals surface area contributed by atoms with Crippen molar-refractivity contribution in [3.8, 4) is 17.2 Å². The molecule has 21 heavy (non-hydrogen) atoms. The van der Waals surface area contributed by atoms with E-state index in [0.29, 0.717) is 17.2 Å². The number of allylic oxidation sites excluding steroid dienone is 5. The van der Waals surface area contributed by atoms with E-state index >= 15 is 0 Å². The number of rotatable bonds is 5. The maximum absolute atomic E-state index is 5.34. The Morgan fingerprint density at radius 1 is 1.00 bits per heavy atom. The minimum Gasteiger partial charge on any atom is -0.493 e. The summed E-state index contributed by atoms with van der Waals surface area (Å²) in [5.74, 6) is 1.87. The summed E-state index contributed by atoms with van der Waals surface area (Å²) in [6.45, 7) is 0. The second-order valence-corrected chi connectivity index (χ2v) is 5.03. The number of hydrogen-bond donors (Lipinski definition) is 0. The van der Waals surface area contributed by atoms with Crippen LogP contribution in [0.5, 0.6) is 17.2 Å². The summed E-state index contributed by atoms with van der Waals surface area (Å²) in [4.78, 5) is 0.946. The van der Waals surface area contributed by atoms with Crippen molar-refractivity contribution in [3.63, 3.8) is 0 Å². The Kier molecular flexibility index (Phi) is 5.17. The van der Waals surface area contributed by atoms with Gasteiger partial charge in [0.15, 0.2) is 11.5 Å². The van der Waals surface area contributed by atoms with Gasteiger partial charge in [0.2, 0.25) is 5.75 Å². The molecule has 2 rings (SSSR count). The summed E-state index contributed by atoms with van der Waals surface area (Å²) in [6.07, 6.45) is 11.0. The lowest BCUT2D eigenvalue weighted by atomic mass is 10.1. The van der Waals surface area contributed by atoms with Crippen molar-refractivity contribution in [3.05, 3.63) is 47.6 Å². The van der Waals surface area contributed by atoms with Gasteiger partial charge >= 0.3 is 0 Å². The van der Waals surface area contributed by atoms with Crippen LogP contribution in [0.25, 0.3) is 6.08 Å². The largest absolute Gasteiger partial charge is 0.493 e. The Hall–Kier alpha value is -2.07. The van der Waals surface area contributed by atoms with Crippen LogP contribution in [0.4, 0.5) is 0 Å². The van der Waals surface area contributed by atoms with Crippen molar-refractivity contribution in [1.82, 2.24) is 0 Å². The molecule has 1 aromatic carbocycles. The van der Waals surface area contributed by atoms with Gasteiger partial charge in [-0.2, -0.15) is 0 Å². The molecule has 0 aromatic heterocycles. The Bertz CT molecular complexity index is 602. The minimum atomic E-state index is 0.593. The van der Waals surface area contributed by atoms with Crippen molar-refractivity contribution in [1.29, 1.82) is 0 Å². The van der Waals surface area contributed by atoms with Crippen molar-refractivity contribution in [2.24, 2.45) is 0 Å². The molecule has 0 fully saturated rings. The summed E-state index contributed by atoms with van der Waals surface area (Å²) in [5, 5.41) is 0. The second kappa shape index (κ2) is 7.09. The van der Waals surface area contributed by atoms with Gasteiger partial charge in [-0.05, 0) is 29.3 Å². The van der Waals surface area contributed by atoms with Gasteiger partial charge in [-0.25, -0.2) is 0 Å². The first-order valence-corrected chi connectivity index (χ1v) is 6.98. The molecule has 0 saturated heterocycles. The SMILES string of the molecule is COc1cc(C=CC2=CC(=S)CC=C2)cc(OC)c1OC. The molecule has 0 aliphatic heterocycles. The van der Waals surface area contributed by atoms with E-state index in [1.165, 1.54) is 0 Å². The van der Waals surface area contributed by atoms with Gasteiger partial charge in [0.25, 0.3) is 0 Å². The topological polar surface area (TPSA) is 27.7 Å². The molecular formula is C17H18O3S. The smallest absolute Gasteiger partial charge is 0.203 e. The second-order valence-electron chi connectivity index (χ2n) is 4.51. The number of hydrogen-bond acceptors (Lipinski definition) is 4. The molecule has 1 aromatic rings. The quantitative estimate of drug-likeness (QED) is 0.769. The van der Waals surface area contributed by atoms with Crippen molar-refractivity contribution >= 4 is 23.2 Å². The number of thiocarbonyl (C=S) groups is 1. The van der Waals surface area contributed by atoms with Crippen LogP contribution >= 0.6 is 12.2 Å². The Labute approximate surface area is 130 Å². The number of ether oxygens (including phenoxy) is 3. The molecule has 0 bridgehead atoms. The van der Waals surface area contributed by atoms with Gasteiger partial charge in [0, 0.05) is 11.3 Å². The highest BCUT2D eigenvalue weighted by molar-refractivity contribution is 7.80. The van der Waals surface area contributed by atoms with E-state index in [1.54, 1.807) is 21.3 Å². The van der Waals surface area contributed by atoms with Crippen LogP contribution in [0.15, 0.2) is 42.0 Å². The van der Waals surface area contributed by atoms with Crippen molar-refractivity contribution < 1.29 is 14.2 Å². The molecule has 1 aliphatic rings. The monoisotopic (exact) mass is 302 g/mol. The van der Waals surface area contributed by atoms with E-state index in [4.69, 9.17) is 26.4 Å². The molecule has 0 unspecified atom stereocenters. The van der Waals surface area contributed by atoms with Gasteiger partial charge in [0.1, 0.15) is 0 Å². The lowest BCUT2D eigenvalue weighted by molar-refractivity contribution is 0.324. The third kappa shape index (κ3) is 3.73. The van der Waals surface area contributed by atoms with Gasteiger partial charge in [0.05, 0.1) is 21.3 Å². The summed E-state index contributed by atoms with van der Waals surface area (Å²) < 4.78 is 16.0. The van der Waals surface area contributed by atoms with E-state index in [1.807, 2.05) is 30.4 Å². The average Bonchev–Trinajstić information content (AvgIpc) is 2.51. The fourth-order valence-electron chi connectivity index (χ4n) is 2.10. The van der Waals surface area contributed by atoms with Crippen molar-refractivity contribution in [2.75, 3.05) is 21.3 Å². The summed E-state index contributed by atoms with van der Waals surface area (Å²) in [7, 11) is 4.81. The average molecular weight is 302 g/mol. The van der Waals surface area contributed by atoms with Gasteiger partial charge in [-0.1, -0.05) is 36.5 Å². The highest BCUT2D eigenvalue weighted by Crippen LogP contribution is 2.38. The fraction of sp³-hybridized carbons (Fsp3) is 0.235. The van der Waals surface area contributed by atoms with Gasteiger partial charge < -0.3 is 14.2 Å².